The van der Waals surface area contributed by atoms with Gasteiger partial charge in [-0.3, -0.25) is 0 Å². The first kappa shape index (κ1) is 19.8. The van der Waals surface area contributed by atoms with Gasteiger partial charge in [-0.2, -0.15) is 13.2 Å². The van der Waals surface area contributed by atoms with Gasteiger partial charge in [0.2, 0.25) is 0 Å². The van der Waals surface area contributed by atoms with Crippen LogP contribution in [0.4, 0.5) is 28.9 Å². The molecule has 150 valence electrons. The van der Waals surface area contributed by atoms with Gasteiger partial charge in [-0.15, -0.1) is 0 Å². The van der Waals surface area contributed by atoms with Gasteiger partial charge in [0.15, 0.2) is 0 Å². The molecule has 0 N–H and O–H groups in total. The van der Waals surface area contributed by atoms with Crippen LogP contribution in [-0.4, -0.2) is 6.54 Å². The third kappa shape index (κ3) is 3.84. The Kier molecular flexibility index (Phi) is 5.03. The second-order valence-corrected chi connectivity index (χ2v) is 7.79. The molecule has 0 saturated heterocycles. The highest BCUT2D eigenvalue weighted by molar-refractivity contribution is 6.33. The van der Waals surface area contributed by atoms with E-state index in [4.69, 9.17) is 11.6 Å². The summed E-state index contributed by atoms with van der Waals surface area (Å²) in [6.45, 7) is 2.66. The molecule has 1 heterocycles. The van der Waals surface area contributed by atoms with Gasteiger partial charge in [0.1, 0.15) is 5.82 Å². The van der Waals surface area contributed by atoms with E-state index in [1.54, 1.807) is 18.2 Å². The highest BCUT2D eigenvalue weighted by Crippen LogP contribution is 2.41. The molecule has 0 aliphatic carbocycles. The van der Waals surface area contributed by atoms with Gasteiger partial charge in [0.25, 0.3) is 0 Å². The van der Waals surface area contributed by atoms with Crippen molar-refractivity contribution in [1.29, 1.82) is 0 Å². The van der Waals surface area contributed by atoms with Crippen LogP contribution in [0.25, 0.3) is 11.1 Å². The van der Waals surface area contributed by atoms with Crippen LogP contribution in [-0.2, 0) is 12.6 Å². The first-order valence-corrected chi connectivity index (χ1v) is 9.64. The standard InChI is InChI=1S/C23H18ClF4N/c1-14-10-16-9-8-15(19-6-3-7-20(25)22(19)24)11-21(16)29(13-14)18-5-2-4-17(12-18)23(26,27)28/h2-9,11-12,14H,10,13H2,1H3/t14-/m1/s1. The number of hydrogen-bond donors (Lipinski definition) is 0. The van der Waals surface area contributed by atoms with Crippen molar-refractivity contribution >= 4 is 23.0 Å². The fourth-order valence-electron chi connectivity index (χ4n) is 3.83. The number of benzene rings is 3. The summed E-state index contributed by atoms with van der Waals surface area (Å²) >= 11 is 6.14. The summed E-state index contributed by atoms with van der Waals surface area (Å²) in [5, 5.41) is 0.0299. The van der Waals surface area contributed by atoms with Crippen LogP contribution in [0.3, 0.4) is 0 Å². The molecule has 1 aliphatic rings. The number of hydrogen-bond acceptors (Lipinski definition) is 1. The monoisotopic (exact) mass is 419 g/mol. The third-order valence-electron chi connectivity index (χ3n) is 5.19. The molecule has 1 aliphatic heterocycles. The molecule has 29 heavy (non-hydrogen) atoms. The summed E-state index contributed by atoms with van der Waals surface area (Å²) in [5.74, 6) is -0.231. The van der Waals surface area contributed by atoms with E-state index in [1.807, 2.05) is 23.1 Å². The van der Waals surface area contributed by atoms with Crippen LogP contribution >= 0.6 is 11.6 Å². The van der Waals surface area contributed by atoms with Gasteiger partial charge in [0, 0.05) is 23.5 Å². The van der Waals surface area contributed by atoms with Crippen LogP contribution in [0.5, 0.6) is 0 Å². The van der Waals surface area contributed by atoms with E-state index in [9.17, 15) is 17.6 Å². The number of halogens is 5. The minimum Gasteiger partial charge on any atom is -0.341 e. The molecular formula is C23H18ClF4N. The molecule has 4 rings (SSSR count). The van der Waals surface area contributed by atoms with Gasteiger partial charge in [-0.05, 0) is 53.8 Å². The van der Waals surface area contributed by atoms with Crippen LogP contribution in [0, 0.1) is 11.7 Å². The second kappa shape index (κ2) is 7.38. The van der Waals surface area contributed by atoms with Gasteiger partial charge < -0.3 is 4.90 Å². The zero-order chi connectivity index (χ0) is 20.8. The maximum absolute atomic E-state index is 13.9. The summed E-state index contributed by atoms with van der Waals surface area (Å²) in [5.41, 5.74) is 2.93. The maximum atomic E-state index is 13.9. The van der Waals surface area contributed by atoms with Gasteiger partial charge in [-0.1, -0.05) is 48.9 Å². The number of rotatable bonds is 2. The summed E-state index contributed by atoms with van der Waals surface area (Å²) in [6, 6.07) is 15.6. The average Bonchev–Trinajstić information content (AvgIpc) is 2.68. The molecule has 0 unspecified atom stereocenters. The zero-order valence-corrected chi connectivity index (χ0v) is 16.4. The Morgan fingerprint density at radius 2 is 1.76 bits per heavy atom. The third-order valence-corrected chi connectivity index (χ3v) is 5.57. The molecule has 0 fully saturated rings. The van der Waals surface area contributed by atoms with Crippen molar-refractivity contribution in [2.75, 3.05) is 11.4 Å². The molecule has 6 heteroatoms. The van der Waals surface area contributed by atoms with Crippen molar-refractivity contribution in [2.45, 2.75) is 19.5 Å². The van der Waals surface area contributed by atoms with E-state index < -0.39 is 17.6 Å². The molecule has 1 nitrogen and oxygen atoms in total. The molecule has 0 saturated carbocycles. The Morgan fingerprint density at radius 1 is 1.00 bits per heavy atom. The maximum Gasteiger partial charge on any atom is 0.416 e. The van der Waals surface area contributed by atoms with E-state index in [-0.39, 0.29) is 10.9 Å². The molecule has 3 aromatic carbocycles. The number of anilines is 2. The predicted octanol–water partition coefficient (Wildman–Crippen LogP) is 7.50. The largest absolute Gasteiger partial charge is 0.416 e. The van der Waals surface area contributed by atoms with Crippen molar-refractivity contribution in [2.24, 2.45) is 5.92 Å². The SMILES string of the molecule is C[C@@H]1Cc2ccc(-c3cccc(F)c3Cl)cc2N(c2cccc(C(F)(F)F)c2)C1. The quantitative estimate of drug-likeness (QED) is 0.389. The first-order valence-electron chi connectivity index (χ1n) is 9.26. The van der Waals surface area contributed by atoms with Crippen molar-refractivity contribution in [3.8, 4) is 11.1 Å². The Bertz CT molecular complexity index is 1060. The molecule has 3 aromatic rings. The zero-order valence-electron chi connectivity index (χ0n) is 15.6. The van der Waals surface area contributed by atoms with E-state index >= 15 is 0 Å². The first-order chi connectivity index (χ1) is 13.7. The Hall–Kier alpha value is -2.53. The predicted molar refractivity (Wildman–Crippen MR) is 108 cm³/mol. The molecule has 0 aromatic heterocycles. The van der Waals surface area contributed by atoms with Gasteiger partial charge >= 0.3 is 6.18 Å². The molecule has 0 amide bonds. The number of nitrogens with zero attached hydrogens (tertiary/aromatic N) is 1. The minimum absolute atomic E-state index is 0.0299. The highest BCUT2D eigenvalue weighted by Gasteiger charge is 2.32. The second-order valence-electron chi connectivity index (χ2n) is 7.41. The lowest BCUT2D eigenvalue weighted by atomic mass is 9.91. The van der Waals surface area contributed by atoms with Gasteiger partial charge in [-0.25, -0.2) is 4.39 Å². The van der Waals surface area contributed by atoms with Crippen molar-refractivity contribution < 1.29 is 17.6 Å². The van der Waals surface area contributed by atoms with E-state index in [2.05, 4.69) is 6.92 Å². The van der Waals surface area contributed by atoms with E-state index in [1.165, 1.54) is 18.2 Å². The lowest BCUT2D eigenvalue weighted by Crippen LogP contribution is -2.30. The molecule has 0 bridgehead atoms. The van der Waals surface area contributed by atoms with Crippen LogP contribution in [0.15, 0.2) is 60.7 Å². The Labute approximate surface area is 171 Å². The normalized spacial score (nSPS) is 16.6. The number of fused-ring (bicyclic) bond motifs is 1. The summed E-state index contributed by atoms with van der Waals surface area (Å²) in [7, 11) is 0. The van der Waals surface area contributed by atoms with Crippen LogP contribution in [0.2, 0.25) is 5.02 Å². The smallest absolute Gasteiger partial charge is 0.341 e. The van der Waals surface area contributed by atoms with Crippen molar-refractivity contribution in [1.82, 2.24) is 0 Å². The fraction of sp³-hybridized carbons (Fsp3) is 0.217. The molecule has 0 radical (unpaired) electrons. The van der Waals surface area contributed by atoms with Gasteiger partial charge in [0.05, 0.1) is 10.6 Å². The van der Waals surface area contributed by atoms with Crippen LogP contribution < -0.4 is 4.90 Å². The summed E-state index contributed by atoms with van der Waals surface area (Å²) in [4.78, 5) is 1.90. The summed E-state index contributed by atoms with van der Waals surface area (Å²) < 4.78 is 53.5. The molecular weight excluding hydrogens is 402 g/mol. The topological polar surface area (TPSA) is 3.24 Å². The Morgan fingerprint density at radius 3 is 2.52 bits per heavy atom. The average molecular weight is 420 g/mol. The molecule has 0 spiro atoms. The van der Waals surface area contributed by atoms with Crippen molar-refractivity contribution in [3.05, 3.63) is 82.6 Å². The minimum atomic E-state index is -4.41. The summed E-state index contributed by atoms with van der Waals surface area (Å²) in [6.07, 6.45) is -3.58. The van der Waals surface area contributed by atoms with E-state index in [0.717, 1.165) is 29.3 Å². The van der Waals surface area contributed by atoms with Crippen LogP contribution in [0.1, 0.15) is 18.1 Å². The highest BCUT2D eigenvalue weighted by atomic mass is 35.5. The fourth-order valence-corrected chi connectivity index (χ4v) is 4.06. The lowest BCUT2D eigenvalue weighted by Gasteiger charge is -2.35. The Balaban J connectivity index is 1.83. The lowest BCUT2D eigenvalue weighted by molar-refractivity contribution is -0.137. The van der Waals surface area contributed by atoms with Crippen molar-refractivity contribution in [3.63, 3.8) is 0 Å². The number of alkyl halides is 3. The van der Waals surface area contributed by atoms with E-state index in [0.29, 0.717) is 17.8 Å². The molecule has 1 atom stereocenters.